The lowest BCUT2D eigenvalue weighted by molar-refractivity contribution is -0.130. The number of sulfonamides is 1. The topological polar surface area (TPSA) is 75.5 Å². The summed E-state index contributed by atoms with van der Waals surface area (Å²) in [7, 11) is -1.72. The molecule has 1 aromatic carbocycles. The van der Waals surface area contributed by atoms with Gasteiger partial charge in [-0.3, -0.25) is 4.79 Å². The van der Waals surface area contributed by atoms with Gasteiger partial charge >= 0.3 is 0 Å². The highest BCUT2D eigenvalue weighted by Gasteiger charge is 2.30. The van der Waals surface area contributed by atoms with Crippen LogP contribution in [0.4, 0.5) is 0 Å². The third-order valence-electron chi connectivity index (χ3n) is 6.49. The summed E-state index contributed by atoms with van der Waals surface area (Å²) >= 11 is 0. The standard InChI is InChI=1S/C23H32N4O3S/c1-25-17-22(24-18-25)31(29,30)27-14-10-21(11-15-27)16-20-6-4-19(5-7-20)8-9-23(28)26-12-2-3-13-26/h4-7,17-18,21H,2-3,8-16H2,1H3. The Hall–Kier alpha value is -2.19. The van der Waals surface area contributed by atoms with Crippen molar-refractivity contribution in [3.8, 4) is 0 Å². The number of imidazole rings is 1. The number of aromatic nitrogens is 2. The minimum absolute atomic E-state index is 0.132. The van der Waals surface area contributed by atoms with Crippen LogP contribution in [0.3, 0.4) is 0 Å². The Bertz CT molecular complexity index is 986. The van der Waals surface area contributed by atoms with Crippen LogP contribution in [0.15, 0.2) is 41.8 Å². The Balaban J connectivity index is 1.24. The van der Waals surface area contributed by atoms with Crippen molar-refractivity contribution < 1.29 is 13.2 Å². The molecule has 7 nitrogen and oxygen atoms in total. The van der Waals surface area contributed by atoms with Crippen LogP contribution < -0.4 is 0 Å². The summed E-state index contributed by atoms with van der Waals surface area (Å²) < 4.78 is 28.7. The molecule has 2 aromatic rings. The van der Waals surface area contributed by atoms with E-state index in [1.807, 2.05) is 4.90 Å². The average molecular weight is 445 g/mol. The zero-order valence-electron chi connectivity index (χ0n) is 18.2. The highest BCUT2D eigenvalue weighted by Crippen LogP contribution is 2.26. The third kappa shape index (κ3) is 5.36. The summed E-state index contributed by atoms with van der Waals surface area (Å²) in [5, 5.41) is 0.132. The fraction of sp³-hybridized carbons (Fsp3) is 0.565. The van der Waals surface area contributed by atoms with Crippen LogP contribution in [-0.4, -0.2) is 59.3 Å². The molecule has 4 rings (SSSR count). The number of amides is 1. The number of nitrogens with zero attached hydrogens (tertiary/aromatic N) is 4. The lowest BCUT2D eigenvalue weighted by Crippen LogP contribution is -2.39. The smallest absolute Gasteiger partial charge is 0.262 e. The highest BCUT2D eigenvalue weighted by atomic mass is 32.2. The van der Waals surface area contributed by atoms with Gasteiger partial charge in [0.2, 0.25) is 5.91 Å². The first-order chi connectivity index (χ1) is 14.9. The van der Waals surface area contributed by atoms with Gasteiger partial charge < -0.3 is 9.47 Å². The van der Waals surface area contributed by atoms with E-state index in [-0.39, 0.29) is 10.9 Å². The maximum Gasteiger partial charge on any atom is 0.262 e. The van der Waals surface area contributed by atoms with Gasteiger partial charge in [-0.05, 0) is 55.6 Å². The summed E-state index contributed by atoms with van der Waals surface area (Å²) in [6.07, 6.45) is 9.40. The van der Waals surface area contributed by atoms with Crippen LogP contribution in [0.25, 0.3) is 0 Å². The van der Waals surface area contributed by atoms with Gasteiger partial charge in [-0.2, -0.15) is 4.31 Å². The van der Waals surface area contributed by atoms with Crippen molar-refractivity contribution in [3.05, 3.63) is 47.9 Å². The van der Waals surface area contributed by atoms with E-state index in [0.717, 1.165) is 51.6 Å². The zero-order chi connectivity index (χ0) is 21.8. The second-order valence-corrected chi connectivity index (χ2v) is 10.7. The quantitative estimate of drug-likeness (QED) is 0.658. The summed E-state index contributed by atoms with van der Waals surface area (Å²) in [6, 6.07) is 8.58. The van der Waals surface area contributed by atoms with E-state index in [4.69, 9.17) is 0 Å². The van der Waals surface area contributed by atoms with Crippen molar-refractivity contribution in [2.24, 2.45) is 13.0 Å². The normalized spacial score (nSPS) is 18.5. The Labute approximate surface area is 185 Å². The maximum atomic E-state index is 12.7. The van der Waals surface area contributed by atoms with E-state index in [1.54, 1.807) is 22.1 Å². The maximum absolute atomic E-state index is 12.7. The molecule has 0 unspecified atom stereocenters. The fourth-order valence-electron chi connectivity index (χ4n) is 4.56. The summed E-state index contributed by atoms with van der Waals surface area (Å²) in [5.41, 5.74) is 2.48. The van der Waals surface area contributed by atoms with Gasteiger partial charge in [-0.25, -0.2) is 13.4 Å². The first kappa shape index (κ1) is 22.0. The second kappa shape index (κ2) is 9.53. The molecule has 8 heteroatoms. The zero-order valence-corrected chi connectivity index (χ0v) is 19.1. The van der Waals surface area contributed by atoms with E-state index in [2.05, 4.69) is 29.2 Å². The molecule has 2 aliphatic heterocycles. The molecule has 0 aliphatic carbocycles. The van der Waals surface area contributed by atoms with E-state index in [1.165, 1.54) is 17.5 Å². The molecule has 0 N–H and O–H groups in total. The van der Waals surface area contributed by atoms with Crippen molar-refractivity contribution in [2.75, 3.05) is 26.2 Å². The summed E-state index contributed by atoms with van der Waals surface area (Å²) in [6.45, 7) is 2.92. The van der Waals surface area contributed by atoms with Gasteiger partial charge in [-0.1, -0.05) is 24.3 Å². The molecule has 31 heavy (non-hydrogen) atoms. The highest BCUT2D eigenvalue weighted by molar-refractivity contribution is 7.89. The molecule has 0 atom stereocenters. The van der Waals surface area contributed by atoms with Gasteiger partial charge in [0.1, 0.15) is 0 Å². The lowest BCUT2D eigenvalue weighted by Gasteiger charge is -2.30. The Morgan fingerprint density at radius 1 is 1.03 bits per heavy atom. The first-order valence-corrected chi connectivity index (χ1v) is 12.7. The van der Waals surface area contributed by atoms with E-state index in [9.17, 15) is 13.2 Å². The number of benzene rings is 1. The van der Waals surface area contributed by atoms with Crippen LogP contribution >= 0.6 is 0 Å². The second-order valence-electron chi connectivity index (χ2n) is 8.83. The number of hydrogen-bond donors (Lipinski definition) is 0. The summed E-state index contributed by atoms with van der Waals surface area (Å²) in [4.78, 5) is 18.2. The third-order valence-corrected chi connectivity index (χ3v) is 8.28. The molecular weight excluding hydrogens is 412 g/mol. The number of aryl methyl sites for hydroxylation is 2. The summed E-state index contributed by atoms with van der Waals surface area (Å²) in [5.74, 6) is 0.756. The number of piperidine rings is 1. The van der Waals surface area contributed by atoms with Crippen molar-refractivity contribution in [3.63, 3.8) is 0 Å². The largest absolute Gasteiger partial charge is 0.343 e. The molecular formula is C23H32N4O3S. The molecule has 3 heterocycles. The Morgan fingerprint density at radius 3 is 2.29 bits per heavy atom. The average Bonchev–Trinajstić information content (AvgIpc) is 3.46. The molecule has 2 fully saturated rings. The van der Waals surface area contributed by atoms with E-state index < -0.39 is 10.0 Å². The molecule has 0 spiro atoms. The molecule has 2 saturated heterocycles. The minimum atomic E-state index is -3.49. The van der Waals surface area contributed by atoms with Crippen molar-refractivity contribution in [1.82, 2.24) is 18.8 Å². The van der Waals surface area contributed by atoms with E-state index >= 15 is 0 Å². The van der Waals surface area contributed by atoms with Crippen molar-refractivity contribution >= 4 is 15.9 Å². The van der Waals surface area contributed by atoms with Gasteiger partial charge in [0, 0.05) is 45.8 Å². The minimum Gasteiger partial charge on any atom is -0.343 e. The fourth-order valence-corrected chi connectivity index (χ4v) is 6.00. The van der Waals surface area contributed by atoms with Crippen LogP contribution in [0.5, 0.6) is 0 Å². The number of rotatable bonds is 7. The predicted molar refractivity (Wildman–Crippen MR) is 119 cm³/mol. The molecule has 0 radical (unpaired) electrons. The van der Waals surface area contributed by atoms with Gasteiger partial charge in [0.25, 0.3) is 10.0 Å². The SMILES string of the molecule is Cn1cnc(S(=O)(=O)N2CCC(Cc3ccc(CCC(=O)N4CCCC4)cc3)CC2)c1. The van der Waals surface area contributed by atoms with Gasteiger partial charge in [0.05, 0.1) is 6.33 Å². The molecule has 168 valence electrons. The van der Waals surface area contributed by atoms with Crippen molar-refractivity contribution in [1.29, 1.82) is 0 Å². The lowest BCUT2D eigenvalue weighted by atomic mass is 9.90. The van der Waals surface area contributed by atoms with Crippen LogP contribution in [0.2, 0.25) is 0 Å². The number of carbonyl (C=O) groups is 1. The number of carbonyl (C=O) groups excluding carboxylic acids is 1. The molecule has 0 saturated carbocycles. The van der Waals surface area contributed by atoms with Crippen LogP contribution in [0, 0.1) is 5.92 Å². The van der Waals surface area contributed by atoms with E-state index in [0.29, 0.717) is 25.4 Å². The van der Waals surface area contributed by atoms with Gasteiger partial charge in [0.15, 0.2) is 5.03 Å². The van der Waals surface area contributed by atoms with Crippen molar-refractivity contribution in [2.45, 2.75) is 50.0 Å². The van der Waals surface area contributed by atoms with Crippen LogP contribution in [0.1, 0.15) is 43.2 Å². The van der Waals surface area contributed by atoms with Gasteiger partial charge in [-0.15, -0.1) is 0 Å². The Kier molecular flexibility index (Phi) is 6.77. The molecule has 1 amide bonds. The monoisotopic (exact) mass is 444 g/mol. The molecule has 1 aromatic heterocycles. The number of hydrogen-bond acceptors (Lipinski definition) is 4. The molecule has 2 aliphatic rings. The van der Waals surface area contributed by atoms with Crippen LogP contribution in [-0.2, 0) is 34.7 Å². The molecule has 0 bridgehead atoms. The first-order valence-electron chi connectivity index (χ1n) is 11.3. The number of likely N-dealkylation sites (tertiary alicyclic amines) is 1. The Morgan fingerprint density at radius 2 is 1.68 bits per heavy atom. The predicted octanol–water partition coefficient (Wildman–Crippen LogP) is 2.62.